The molecule has 0 rings (SSSR count). The molecule has 0 saturated heterocycles. The normalized spacial score (nSPS) is 10.8. The molecule has 0 unspecified atom stereocenters. The average Bonchev–Trinajstić information content (AvgIpc) is 2.81. The lowest BCUT2D eigenvalue weighted by atomic mass is 9.92. The monoisotopic (exact) mass is 463 g/mol. The van der Waals surface area contributed by atoms with Gasteiger partial charge in [0, 0.05) is 17.9 Å². The van der Waals surface area contributed by atoms with Crippen molar-refractivity contribution in [3.8, 4) is 0 Å². The van der Waals surface area contributed by atoms with Crippen molar-refractivity contribution in [3.05, 3.63) is 0 Å². The summed E-state index contributed by atoms with van der Waals surface area (Å²) >= 11 is 2.06. The first-order valence-electron chi connectivity index (χ1n) is 13.4. The highest BCUT2D eigenvalue weighted by atomic mass is 32.2. The first-order chi connectivity index (χ1) is 14.8. The molecule has 0 aliphatic rings. The Labute approximate surface area is 202 Å². The van der Waals surface area contributed by atoms with Crippen molar-refractivity contribution in [2.24, 2.45) is 5.92 Å². The number of thioether (sulfide) groups is 1. The number of carbonyl (C=O) groups excluding carboxylic acids is 1. The maximum atomic E-state index is 12.3. The van der Waals surface area contributed by atoms with Crippen LogP contribution >= 0.6 is 11.8 Å². The molecular weight excluding hydrogens is 402 g/mol. The molecular formula is C27H61NO2S. The van der Waals surface area contributed by atoms with Crippen LogP contribution in [-0.2, 0) is 9.53 Å². The van der Waals surface area contributed by atoms with Gasteiger partial charge in [-0.25, -0.2) is 0 Å². The van der Waals surface area contributed by atoms with Gasteiger partial charge in [0.05, 0.1) is 12.0 Å². The van der Waals surface area contributed by atoms with Gasteiger partial charge in [0.25, 0.3) is 0 Å². The predicted octanol–water partition coefficient (Wildman–Crippen LogP) is 8.89. The molecule has 4 heteroatoms. The molecule has 0 fully saturated rings. The second-order valence-electron chi connectivity index (χ2n) is 7.52. The SMILES string of the molecule is CC.CC.CC.CCSC(CC)(CC)CCOC(CC)(CC)CC(=O)NCCC(C)C. The van der Waals surface area contributed by atoms with Crippen LogP contribution in [0.4, 0.5) is 0 Å². The zero-order chi connectivity index (χ0) is 25.3. The van der Waals surface area contributed by atoms with Crippen LogP contribution in [0.3, 0.4) is 0 Å². The van der Waals surface area contributed by atoms with E-state index < -0.39 is 0 Å². The van der Waals surface area contributed by atoms with E-state index in [0.29, 0.717) is 17.1 Å². The largest absolute Gasteiger partial charge is 0.374 e. The summed E-state index contributed by atoms with van der Waals surface area (Å²) < 4.78 is 6.68. The molecule has 0 aliphatic carbocycles. The molecule has 192 valence electrons. The van der Waals surface area contributed by atoms with E-state index in [1.807, 2.05) is 41.5 Å². The minimum atomic E-state index is -0.313. The van der Waals surface area contributed by atoms with E-state index in [1.54, 1.807) is 0 Å². The van der Waals surface area contributed by atoms with E-state index in [9.17, 15) is 4.79 Å². The fourth-order valence-corrected chi connectivity index (χ4v) is 4.50. The summed E-state index contributed by atoms with van der Waals surface area (Å²) in [5.74, 6) is 1.89. The van der Waals surface area contributed by atoms with Crippen LogP contribution in [0, 0.1) is 5.92 Å². The van der Waals surface area contributed by atoms with Gasteiger partial charge in [0.2, 0.25) is 5.91 Å². The molecule has 0 bridgehead atoms. The molecule has 0 heterocycles. The highest BCUT2D eigenvalue weighted by Gasteiger charge is 2.32. The number of hydrogen-bond donors (Lipinski definition) is 1. The molecule has 3 nitrogen and oxygen atoms in total. The Kier molecular flexibility index (Phi) is 32.0. The van der Waals surface area contributed by atoms with Crippen LogP contribution in [0.2, 0.25) is 0 Å². The summed E-state index contributed by atoms with van der Waals surface area (Å²) in [5, 5.41) is 3.06. The number of ether oxygens (including phenoxy) is 1. The zero-order valence-corrected chi connectivity index (χ0v) is 24.7. The van der Waals surface area contributed by atoms with Gasteiger partial charge in [-0.1, -0.05) is 90.0 Å². The Balaban J connectivity index is -0.000000554. The summed E-state index contributed by atoms with van der Waals surface area (Å²) in [6.45, 7) is 28.9. The lowest BCUT2D eigenvalue weighted by Crippen LogP contribution is -2.40. The van der Waals surface area contributed by atoms with E-state index in [-0.39, 0.29) is 11.5 Å². The minimum absolute atomic E-state index is 0.129. The average molecular weight is 464 g/mol. The first-order valence-corrected chi connectivity index (χ1v) is 14.4. The second kappa shape index (κ2) is 26.0. The van der Waals surface area contributed by atoms with Gasteiger partial charge in [-0.2, -0.15) is 11.8 Å². The van der Waals surface area contributed by atoms with E-state index in [0.717, 1.165) is 44.6 Å². The molecule has 0 aromatic heterocycles. The van der Waals surface area contributed by atoms with Crippen molar-refractivity contribution in [2.75, 3.05) is 18.9 Å². The quantitative estimate of drug-likeness (QED) is 0.263. The molecule has 0 aromatic carbocycles. The summed E-state index contributed by atoms with van der Waals surface area (Å²) in [6, 6.07) is 0. The van der Waals surface area contributed by atoms with Gasteiger partial charge in [-0.3, -0.25) is 4.79 Å². The van der Waals surface area contributed by atoms with Crippen molar-refractivity contribution in [1.29, 1.82) is 0 Å². The molecule has 0 atom stereocenters. The molecule has 1 N–H and O–H groups in total. The van der Waals surface area contributed by atoms with E-state index >= 15 is 0 Å². The van der Waals surface area contributed by atoms with E-state index in [2.05, 4.69) is 65.5 Å². The maximum Gasteiger partial charge on any atom is 0.222 e. The standard InChI is InChI=1S/C21H43NO2S.3C2H6/c1-8-20(9-2,17-19(23)22-15-13-18(6)7)24-16-14-21(10-3,11-4)25-12-5;3*1-2/h18H,8-17H2,1-7H3,(H,22,23);3*1-2H3. The van der Waals surface area contributed by atoms with Crippen molar-refractivity contribution in [1.82, 2.24) is 5.32 Å². The fraction of sp³-hybridized carbons (Fsp3) is 0.963. The smallest absolute Gasteiger partial charge is 0.222 e. The molecule has 0 aromatic rings. The highest BCUT2D eigenvalue weighted by molar-refractivity contribution is 8.00. The van der Waals surface area contributed by atoms with Gasteiger partial charge in [-0.15, -0.1) is 0 Å². The number of carbonyl (C=O) groups is 1. The van der Waals surface area contributed by atoms with Crippen molar-refractivity contribution < 1.29 is 9.53 Å². The van der Waals surface area contributed by atoms with E-state index in [4.69, 9.17) is 4.74 Å². The number of amides is 1. The van der Waals surface area contributed by atoms with Crippen molar-refractivity contribution >= 4 is 17.7 Å². The summed E-state index contributed by atoms with van der Waals surface area (Å²) in [7, 11) is 0. The van der Waals surface area contributed by atoms with Crippen LogP contribution in [0.25, 0.3) is 0 Å². The van der Waals surface area contributed by atoms with Gasteiger partial charge < -0.3 is 10.1 Å². The van der Waals surface area contributed by atoms with Gasteiger partial charge in [-0.05, 0) is 50.2 Å². The summed E-state index contributed by atoms with van der Waals surface area (Å²) in [4.78, 5) is 12.3. The van der Waals surface area contributed by atoms with Crippen molar-refractivity contribution in [3.63, 3.8) is 0 Å². The summed E-state index contributed by atoms with van der Waals surface area (Å²) in [5.41, 5.74) is -0.313. The third-order valence-electron chi connectivity index (χ3n) is 5.52. The topological polar surface area (TPSA) is 38.3 Å². The fourth-order valence-electron chi connectivity index (χ4n) is 3.25. The minimum Gasteiger partial charge on any atom is -0.374 e. The summed E-state index contributed by atoms with van der Waals surface area (Å²) in [6.07, 6.45) is 6.68. The molecule has 0 aliphatic heterocycles. The molecule has 0 spiro atoms. The number of nitrogens with one attached hydrogen (secondary N) is 1. The Morgan fingerprint density at radius 3 is 1.71 bits per heavy atom. The Bertz CT molecular complexity index is 351. The van der Waals surface area contributed by atoms with Gasteiger partial charge in [0.15, 0.2) is 0 Å². The lowest BCUT2D eigenvalue weighted by molar-refractivity contribution is -0.130. The zero-order valence-electron chi connectivity index (χ0n) is 23.9. The first kappa shape index (κ1) is 38.1. The van der Waals surface area contributed by atoms with Crippen LogP contribution < -0.4 is 5.32 Å². The highest BCUT2D eigenvalue weighted by Crippen LogP contribution is 2.36. The van der Waals surface area contributed by atoms with Crippen LogP contribution in [0.5, 0.6) is 0 Å². The van der Waals surface area contributed by atoms with Crippen LogP contribution in [-0.4, -0.2) is 35.2 Å². The van der Waals surface area contributed by atoms with Crippen LogP contribution in [0.15, 0.2) is 0 Å². The molecule has 0 saturated carbocycles. The van der Waals surface area contributed by atoms with Crippen LogP contribution in [0.1, 0.15) is 135 Å². The molecule has 1 amide bonds. The second-order valence-corrected chi connectivity index (χ2v) is 9.25. The Morgan fingerprint density at radius 1 is 0.871 bits per heavy atom. The Hall–Kier alpha value is -0.220. The Morgan fingerprint density at radius 2 is 1.35 bits per heavy atom. The molecule has 31 heavy (non-hydrogen) atoms. The van der Waals surface area contributed by atoms with Crippen molar-refractivity contribution in [2.45, 2.75) is 145 Å². The van der Waals surface area contributed by atoms with Gasteiger partial charge >= 0.3 is 0 Å². The van der Waals surface area contributed by atoms with E-state index in [1.165, 1.54) is 12.8 Å². The maximum absolute atomic E-state index is 12.3. The predicted molar refractivity (Wildman–Crippen MR) is 146 cm³/mol. The number of hydrogen-bond acceptors (Lipinski definition) is 3. The number of rotatable bonds is 15. The third kappa shape index (κ3) is 19.0. The lowest BCUT2D eigenvalue weighted by Gasteiger charge is -2.35. The third-order valence-corrected chi connectivity index (χ3v) is 7.20. The van der Waals surface area contributed by atoms with Gasteiger partial charge in [0.1, 0.15) is 0 Å². The molecule has 0 radical (unpaired) electrons.